The Labute approximate surface area is 110 Å². The lowest BCUT2D eigenvalue weighted by molar-refractivity contribution is -0.0675. The molecular formula is C13H28N2O3. The molecule has 1 saturated heterocycles. The van der Waals surface area contributed by atoms with Crippen LogP contribution in [0.2, 0.25) is 0 Å². The lowest BCUT2D eigenvalue weighted by atomic mass is 10.1. The van der Waals surface area contributed by atoms with Crippen LogP contribution in [0.4, 0.5) is 0 Å². The van der Waals surface area contributed by atoms with E-state index in [9.17, 15) is 5.11 Å². The molecule has 3 atom stereocenters. The van der Waals surface area contributed by atoms with E-state index in [0.717, 1.165) is 26.1 Å². The Morgan fingerprint density at radius 2 is 2.33 bits per heavy atom. The van der Waals surface area contributed by atoms with Crippen LogP contribution in [0.3, 0.4) is 0 Å². The van der Waals surface area contributed by atoms with Gasteiger partial charge in [-0.1, -0.05) is 6.92 Å². The fourth-order valence-electron chi connectivity index (χ4n) is 2.29. The molecule has 108 valence electrons. The van der Waals surface area contributed by atoms with Gasteiger partial charge in [-0.3, -0.25) is 4.90 Å². The number of rotatable bonds is 8. The standard InChI is InChI=1S/C13H28N2O3/c1-4-12-10-18-11(2)8-15(12)9-13(16)7-14-5-6-17-3/h11-14,16H,4-10H2,1-3H3. The molecule has 0 aromatic carbocycles. The third kappa shape index (κ3) is 5.63. The molecule has 0 saturated carbocycles. The number of nitrogens with zero attached hydrogens (tertiary/aromatic N) is 1. The monoisotopic (exact) mass is 260 g/mol. The normalized spacial score (nSPS) is 27.3. The topological polar surface area (TPSA) is 54.0 Å². The third-order valence-electron chi connectivity index (χ3n) is 3.36. The van der Waals surface area contributed by atoms with E-state index in [-0.39, 0.29) is 12.2 Å². The minimum atomic E-state index is -0.332. The number of hydrogen-bond donors (Lipinski definition) is 2. The zero-order valence-electron chi connectivity index (χ0n) is 11.9. The first-order valence-corrected chi connectivity index (χ1v) is 6.90. The summed E-state index contributed by atoms with van der Waals surface area (Å²) in [4.78, 5) is 2.34. The Bertz CT molecular complexity index is 216. The Balaban J connectivity index is 2.25. The van der Waals surface area contributed by atoms with E-state index < -0.39 is 0 Å². The molecule has 1 rings (SSSR count). The minimum Gasteiger partial charge on any atom is -0.390 e. The van der Waals surface area contributed by atoms with Gasteiger partial charge >= 0.3 is 0 Å². The highest BCUT2D eigenvalue weighted by Crippen LogP contribution is 2.14. The molecule has 0 radical (unpaired) electrons. The van der Waals surface area contributed by atoms with Gasteiger partial charge in [-0.15, -0.1) is 0 Å². The highest BCUT2D eigenvalue weighted by Gasteiger charge is 2.26. The summed E-state index contributed by atoms with van der Waals surface area (Å²) in [6.45, 7) is 8.73. The fourth-order valence-corrected chi connectivity index (χ4v) is 2.29. The van der Waals surface area contributed by atoms with Gasteiger partial charge < -0.3 is 19.9 Å². The number of nitrogens with one attached hydrogen (secondary N) is 1. The molecule has 1 aliphatic rings. The minimum absolute atomic E-state index is 0.265. The number of β-amino-alcohol motifs (C(OH)–C–C–N with tert-alkyl or cyclic N) is 1. The molecule has 0 spiro atoms. The molecular weight excluding hydrogens is 232 g/mol. The molecule has 3 unspecified atom stereocenters. The van der Waals surface area contributed by atoms with Crippen LogP contribution < -0.4 is 5.32 Å². The quantitative estimate of drug-likeness (QED) is 0.606. The molecule has 0 aromatic heterocycles. The first-order chi connectivity index (χ1) is 8.67. The number of aliphatic hydroxyl groups excluding tert-OH is 1. The summed E-state index contributed by atoms with van der Waals surface area (Å²) in [6, 6.07) is 0.440. The van der Waals surface area contributed by atoms with Crippen molar-refractivity contribution in [1.29, 1.82) is 0 Å². The van der Waals surface area contributed by atoms with E-state index in [0.29, 0.717) is 25.7 Å². The van der Waals surface area contributed by atoms with E-state index in [1.807, 2.05) is 0 Å². The average Bonchev–Trinajstić information content (AvgIpc) is 2.35. The molecule has 0 amide bonds. The fraction of sp³-hybridized carbons (Fsp3) is 1.00. The van der Waals surface area contributed by atoms with Crippen molar-refractivity contribution >= 4 is 0 Å². The first kappa shape index (κ1) is 15.9. The van der Waals surface area contributed by atoms with Crippen LogP contribution in [-0.4, -0.2) is 74.8 Å². The molecule has 0 aromatic rings. The maximum absolute atomic E-state index is 10.0. The van der Waals surface area contributed by atoms with Crippen molar-refractivity contribution in [2.45, 2.75) is 38.5 Å². The summed E-state index contributed by atoms with van der Waals surface area (Å²) in [7, 11) is 1.68. The lowest BCUT2D eigenvalue weighted by Gasteiger charge is -2.39. The van der Waals surface area contributed by atoms with Crippen molar-refractivity contribution < 1.29 is 14.6 Å². The van der Waals surface area contributed by atoms with Gasteiger partial charge in [-0.25, -0.2) is 0 Å². The van der Waals surface area contributed by atoms with Crippen LogP contribution in [0.5, 0.6) is 0 Å². The third-order valence-corrected chi connectivity index (χ3v) is 3.36. The van der Waals surface area contributed by atoms with E-state index in [1.165, 1.54) is 0 Å². The van der Waals surface area contributed by atoms with Crippen molar-refractivity contribution in [1.82, 2.24) is 10.2 Å². The van der Waals surface area contributed by atoms with Gasteiger partial charge in [-0.2, -0.15) is 0 Å². The van der Waals surface area contributed by atoms with Gasteiger partial charge in [0.1, 0.15) is 0 Å². The summed E-state index contributed by atoms with van der Waals surface area (Å²) in [5.74, 6) is 0. The Morgan fingerprint density at radius 1 is 1.56 bits per heavy atom. The lowest BCUT2D eigenvalue weighted by Crippen LogP contribution is -2.52. The summed E-state index contributed by atoms with van der Waals surface area (Å²) >= 11 is 0. The van der Waals surface area contributed by atoms with Crippen LogP contribution in [0.25, 0.3) is 0 Å². The van der Waals surface area contributed by atoms with Crippen LogP contribution in [0.15, 0.2) is 0 Å². The predicted octanol–water partition coefficient (Wildman–Crippen LogP) is 0.0826. The van der Waals surface area contributed by atoms with Gasteiger partial charge in [-0.05, 0) is 13.3 Å². The maximum Gasteiger partial charge on any atom is 0.0791 e. The number of hydrogen-bond acceptors (Lipinski definition) is 5. The Morgan fingerprint density at radius 3 is 3.00 bits per heavy atom. The predicted molar refractivity (Wildman–Crippen MR) is 71.8 cm³/mol. The van der Waals surface area contributed by atoms with E-state index in [2.05, 4.69) is 24.1 Å². The van der Waals surface area contributed by atoms with Gasteiger partial charge in [0.15, 0.2) is 0 Å². The van der Waals surface area contributed by atoms with Crippen LogP contribution in [0, 0.1) is 0 Å². The van der Waals surface area contributed by atoms with Crippen LogP contribution in [0.1, 0.15) is 20.3 Å². The van der Waals surface area contributed by atoms with Crippen molar-refractivity contribution in [3.8, 4) is 0 Å². The first-order valence-electron chi connectivity index (χ1n) is 6.90. The van der Waals surface area contributed by atoms with Gasteiger partial charge in [0.2, 0.25) is 0 Å². The van der Waals surface area contributed by atoms with Crippen molar-refractivity contribution in [2.24, 2.45) is 0 Å². The zero-order chi connectivity index (χ0) is 13.4. The van der Waals surface area contributed by atoms with Crippen molar-refractivity contribution in [3.63, 3.8) is 0 Å². The van der Waals surface area contributed by atoms with E-state index in [1.54, 1.807) is 7.11 Å². The van der Waals surface area contributed by atoms with E-state index in [4.69, 9.17) is 9.47 Å². The van der Waals surface area contributed by atoms with Crippen molar-refractivity contribution in [3.05, 3.63) is 0 Å². The molecule has 1 fully saturated rings. The molecule has 5 heteroatoms. The number of ether oxygens (including phenoxy) is 2. The maximum atomic E-state index is 10.0. The van der Waals surface area contributed by atoms with Crippen molar-refractivity contribution in [2.75, 3.05) is 46.5 Å². The number of aliphatic hydroxyl groups is 1. The Kier molecular flexibility index (Phi) is 7.77. The van der Waals surface area contributed by atoms with Gasteiger partial charge in [0, 0.05) is 39.3 Å². The van der Waals surface area contributed by atoms with Crippen LogP contribution in [-0.2, 0) is 9.47 Å². The second-order valence-corrected chi connectivity index (χ2v) is 5.01. The van der Waals surface area contributed by atoms with E-state index >= 15 is 0 Å². The van der Waals surface area contributed by atoms with Crippen LogP contribution >= 0.6 is 0 Å². The molecule has 1 aliphatic heterocycles. The molecule has 2 N–H and O–H groups in total. The smallest absolute Gasteiger partial charge is 0.0791 e. The second-order valence-electron chi connectivity index (χ2n) is 5.01. The molecule has 18 heavy (non-hydrogen) atoms. The Hall–Kier alpha value is -0.200. The summed E-state index contributed by atoms with van der Waals surface area (Å²) < 4.78 is 10.6. The molecule has 0 aliphatic carbocycles. The number of morpholine rings is 1. The molecule has 1 heterocycles. The largest absolute Gasteiger partial charge is 0.390 e. The second kappa shape index (κ2) is 8.82. The number of methoxy groups -OCH3 is 1. The summed E-state index contributed by atoms with van der Waals surface area (Å²) in [6.07, 6.45) is 0.999. The zero-order valence-corrected chi connectivity index (χ0v) is 11.9. The highest BCUT2D eigenvalue weighted by atomic mass is 16.5. The highest BCUT2D eigenvalue weighted by molar-refractivity contribution is 4.80. The molecule has 5 nitrogen and oxygen atoms in total. The summed E-state index contributed by atoms with van der Waals surface area (Å²) in [5.41, 5.74) is 0. The average molecular weight is 260 g/mol. The molecule has 0 bridgehead atoms. The SMILES string of the molecule is CCC1COC(C)CN1CC(O)CNCCOC. The van der Waals surface area contributed by atoms with Gasteiger partial charge in [0.25, 0.3) is 0 Å². The summed E-state index contributed by atoms with van der Waals surface area (Å²) in [5, 5.41) is 13.2. The van der Waals surface area contributed by atoms with Gasteiger partial charge in [0.05, 0.1) is 25.4 Å².